The highest BCUT2D eigenvalue weighted by Gasteiger charge is 2.32. The Labute approximate surface area is 127 Å². The molecule has 1 aromatic carbocycles. The van der Waals surface area contributed by atoms with Crippen LogP contribution < -0.4 is 0 Å². The summed E-state index contributed by atoms with van der Waals surface area (Å²) >= 11 is 3.26. The minimum atomic E-state index is 0.132. The number of hydrogen-bond donors (Lipinski definition) is 0. The second-order valence-corrected chi connectivity index (χ2v) is 6.50. The van der Waals surface area contributed by atoms with Gasteiger partial charge in [-0.25, -0.2) is 4.98 Å². The number of amides is 1. The van der Waals surface area contributed by atoms with Gasteiger partial charge in [0.05, 0.1) is 11.6 Å². The summed E-state index contributed by atoms with van der Waals surface area (Å²) in [4.78, 5) is 20.2. The third kappa shape index (κ3) is 2.47. The molecule has 0 radical (unpaired) electrons. The normalized spacial score (nSPS) is 18.4. The van der Waals surface area contributed by atoms with Gasteiger partial charge in [-0.2, -0.15) is 0 Å². The van der Waals surface area contributed by atoms with Crippen LogP contribution in [0.4, 0.5) is 0 Å². The first kappa shape index (κ1) is 13.6. The topological polar surface area (TPSA) is 33.2 Å². The standard InChI is InChI=1S/C15H16N2OS2/c1-19-13-7-3-2-5-11(13)15(18)17-9-4-6-12(17)14-16-8-10-20-14/h2-3,5,7-8,10,12H,4,6,9H2,1H3/t12-/m1/s1. The molecule has 2 aromatic rings. The van der Waals surface area contributed by atoms with E-state index in [0.717, 1.165) is 34.9 Å². The predicted octanol–water partition coefficient (Wildman–Crippen LogP) is 3.84. The molecule has 1 amide bonds. The average Bonchev–Trinajstić information content (AvgIpc) is 3.16. The van der Waals surface area contributed by atoms with E-state index in [9.17, 15) is 4.79 Å². The smallest absolute Gasteiger partial charge is 0.255 e. The quantitative estimate of drug-likeness (QED) is 0.808. The van der Waals surface area contributed by atoms with Gasteiger partial charge in [0, 0.05) is 23.0 Å². The minimum Gasteiger partial charge on any atom is -0.329 e. The van der Waals surface area contributed by atoms with Gasteiger partial charge in [-0.1, -0.05) is 12.1 Å². The van der Waals surface area contributed by atoms with E-state index in [2.05, 4.69) is 4.98 Å². The molecule has 3 nitrogen and oxygen atoms in total. The van der Waals surface area contributed by atoms with Gasteiger partial charge < -0.3 is 4.90 Å². The van der Waals surface area contributed by atoms with Crippen molar-refractivity contribution in [3.63, 3.8) is 0 Å². The first-order chi connectivity index (χ1) is 9.81. The Morgan fingerprint density at radius 1 is 1.45 bits per heavy atom. The fraction of sp³-hybridized carbons (Fsp3) is 0.333. The van der Waals surface area contributed by atoms with Crippen molar-refractivity contribution in [3.8, 4) is 0 Å². The van der Waals surface area contributed by atoms with Crippen LogP contribution in [0.2, 0.25) is 0 Å². The number of aromatic nitrogens is 1. The van der Waals surface area contributed by atoms with Crippen molar-refractivity contribution in [2.75, 3.05) is 12.8 Å². The number of nitrogens with zero attached hydrogens (tertiary/aromatic N) is 2. The molecule has 1 fully saturated rings. The van der Waals surface area contributed by atoms with Crippen molar-refractivity contribution >= 4 is 29.0 Å². The summed E-state index contributed by atoms with van der Waals surface area (Å²) in [6.45, 7) is 0.825. The molecule has 5 heteroatoms. The van der Waals surface area contributed by atoms with Crippen molar-refractivity contribution in [3.05, 3.63) is 46.4 Å². The molecule has 0 N–H and O–H groups in total. The van der Waals surface area contributed by atoms with Crippen molar-refractivity contribution < 1.29 is 4.79 Å². The maximum absolute atomic E-state index is 12.8. The zero-order valence-electron chi connectivity index (χ0n) is 11.3. The molecule has 0 unspecified atom stereocenters. The summed E-state index contributed by atoms with van der Waals surface area (Å²) in [5.41, 5.74) is 0.809. The van der Waals surface area contributed by atoms with E-state index in [0.29, 0.717) is 0 Å². The van der Waals surface area contributed by atoms with E-state index in [-0.39, 0.29) is 11.9 Å². The molecule has 0 bridgehead atoms. The van der Waals surface area contributed by atoms with Gasteiger partial charge >= 0.3 is 0 Å². The Balaban J connectivity index is 1.90. The molecule has 1 aliphatic heterocycles. The summed E-state index contributed by atoms with van der Waals surface area (Å²) in [6, 6.07) is 7.99. The van der Waals surface area contributed by atoms with E-state index < -0.39 is 0 Å². The van der Waals surface area contributed by atoms with Gasteiger partial charge in [0.25, 0.3) is 5.91 Å². The molecule has 20 heavy (non-hydrogen) atoms. The molecule has 104 valence electrons. The lowest BCUT2D eigenvalue weighted by Crippen LogP contribution is -2.30. The number of carbonyl (C=O) groups excluding carboxylic acids is 1. The van der Waals surface area contributed by atoms with Crippen LogP contribution in [0.5, 0.6) is 0 Å². The Morgan fingerprint density at radius 2 is 2.30 bits per heavy atom. The van der Waals surface area contributed by atoms with Gasteiger partial charge in [-0.3, -0.25) is 4.79 Å². The first-order valence-electron chi connectivity index (χ1n) is 6.64. The van der Waals surface area contributed by atoms with E-state index in [1.54, 1.807) is 23.1 Å². The van der Waals surface area contributed by atoms with Crippen LogP contribution in [0, 0.1) is 0 Å². The summed E-state index contributed by atoms with van der Waals surface area (Å²) in [5, 5.41) is 3.03. The minimum absolute atomic E-state index is 0.132. The van der Waals surface area contributed by atoms with Crippen molar-refractivity contribution in [1.82, 2.24) is 9.88 Å². The lowest BCUT2D eigenvalue weighted by Gasteiger charge is -2.24. The molecule has 2 heterocycles. The number of rotatable bonds is 3. The molecule has 1 aliphatic rings. The Bertz CT molecular complexity index is 598. The Morgan fingerprint density at radius 3 is 3.05 bits per heavy atom. The SMILES string of the molecule is CSc1ccccc1C(=O)N1CCC[C@@H]1c1nccs1. The number of thiazole rings is 1. The first-order valence-corrected chi connectivity index (χ1v) is 8.75. The highest BCUT2D eigenvalue weighted by molar-refractivity contribution is 7.98. The molecular weight excluding hydrogens is 288 g/mol. The zero-order valence-corrected chi connectivity index (χ0v) is 12.9. The van der Waals surface area contributed by atoms with Crippen LogP contribution >= 0.6 is 23.1 Å². The maximum atomic E-state index is 12.8. The second-order valence-electron chi connectivity index (χ2n) is 4.73. The second kappa shape index (κ2) is 5.97. The third-order valence-corrected chi connectivity index (χ3v) is 5.26. The van der Waals surface area contributed by atoms with Crippen LogP contribution in [-0.2, 0) is 0 Å². The molecule has 0 spiro atoms. The van der Waals surface area contributed by atoms with Crippen molar-refractivity contribution in [2.45, 2.75) is 23.8 Å². The molecule has 1 aromatic heterocycles. The fourth-order valence-electron chi connectivity index (χ4n) is 2.64. The third-order valence-electron chi connectivity index (χ3n) is 3.59. The van der Waals surface area contributed by atoms with Crippen molar-refractivity contribution in [1.29, 1.82) is 0 Å². The summed E-state index contributed by atoms with van der Waals surface area (Å²) in [5.74, 6) is 0.132. The lowest BCUT2D eigenvalue weighted by molar-refractivity contribution is 0.0732. The zero-order chi connectivity index (χ0) is 13.9. The van der Waals surface area contributed by atoms with Gasteiger partial charge in [-0.05, 0) is 31.2 Å². The van der Waals surface area contributed by atoms with Gasteiger partial charge in [0.2, 0.25) is 0 Å². The number of hydrogen-bond acceptors (Lipinski definition) is 4. The highest BCUT2D eigenvalue weighted by atomic mass is 32.2. The van der Waals surface area contributed by atoms with Crippen LogP contribution in [-0.4, -0.2) is 28.6 Å². The molecule has 3 rings (SSSR count). The van der Waals surface area contributed by atoms with Crippen LogP contribution in [0.25, 0.3) is 0 Å². The van der Waals surface area contributed by atoms with Crippen molar-refractivity contribution in [2.24, 2.45) is 0 Å². The van der Waals surface area contributed by atoms with E-state index in [1.807, 2.05) is 47.0 Å². The molecule has 0 saturated carbocycles. The van der Waals surface area contributed by atoms with Gasteiger partial charge in [-0.15, -0.1) is 23.1 Å². The van der Waals surface area contributed by atoms with Gasteiger partial charge in [0.1, 0.15) is 5.01 Å². The number of likely N-dealkylation sites (tertiary alicyclic amines) is 1. The van der Waals surface area contributed by atoms with Crippen LogP contribution in [0.1, 0.15) is 34.2 Å². The summed E-state index contributed by atoms with van der Waals surface area (Å²) in [7, 11) is 0. The number of thioether (sulfide) groups is 1. The van der Waals surface area contributed by atoms with E-state index in [1.165, 1.54) is 0 Å². The van der Waals surface area contributed by atoms with E-state index in [4.69, 9.17) is 0 Å². The molecule has 1 atom stereocenters. The summed E-state index contributed by atoms with van der Waals surface area (Å²) in [6.07, 6.45) is 5.89. The van der Waals surface area contributed by atoms with Crippen LogP contribution in [0.15, 0.2) is 40.7 Å². The largest absolute Gasteiger partial charge is 0.329 e. The molecule has 1 saturated heterocycles. The summed E-state index contributed by atoms with van der Waals surface area (Å²) < 4.78 is 0. The maximum Gasteiger partial charge on any atom is 0.255 e. The number of benzene rings is 1. The average molecular weight is 304 g/mol. The monoisotopic (exact) mass is 304 g/mol. The lowest BCUT2D eigenvalue weighted by atomic mass is 10.1. The molecule has 0 aliphatic carbocycles. The predicted molar refractivity (Wildman–Crippen MR) is 83.3 cm³/mol. The van der Waals surface area contributed by atoms with Crippen LogP contribution in [0.3, 0.4) is 0 Å². The molecular formula is C15H16N2OS2. The number of carbonyl (C=O) groups is 1. The van der Waals surface area contributed by atoms with E-state index >= 15 is 0 Å². The fourth-order valence-corrected chi connectivity index (χ4v) is 4.02. The van der Waals surface area contributed by atoms with Gasteiger partial charge in [0.15, 0.2) is 0 Å². The highest BCUT2D eigenvalue weighted by Crippen LogP contribution is 2.35. The Kier molecular flexibility index (Phi) is 4.08. The Hall–Kier alpha value is -1.33.